The molecule has 0 aliphatic carbocycles. The zero-order valence-corrected chi connectivity index (χ0v) is 16.7. The van der Waals surface area contributed by atoms with Crippen LogP contribution in [-0.2, 0) is 26.6 Å². The number of aromatic amines is 1. The van der Waals surface area contributed by atoms with Crippen molar-refractivity contribution in [2.24, 2.45) is 7.05 Å². The molecule has 0 radical (unpaired) electrons. The molecule has 3 heterocycles. The van der Waals surface area contributed by atoms with Gasteiger partial charge in [0.1, 0.15) is 5.82 Å². The fraction of sp³-hybridized carbons (Fsp3) is 0.476. The topological polar surface area (TPSA) is 75.9 Å². The van der Waals surface area contributed by atoms with Crippen LogP contribution in [-0.4, -0.2) is 25.1 Å². The van der Waals surface area contributed by atoms with E-state index < -0.39 is 0 Å². The molecule has 0 saturated carbocycles. The minimum Gasteiger partial charge on any atom is -0.361 e. The van der Waals surface area contributed by atoms with Crippen molar-refractivity contribution in [2.45, 2.75) is 58.7 Å². The molecule has 0 spiro atoms. The maximum Gasteiger partial charge on any atom is 0.330 e. The van der Waals surface area contributed by atoms with Gasteiger partial charge < -0.3 is 9.47 Å². The number of hydrogen-bond donors (Lipinski definition) is 1. The number of unbranched alkanes of at least 4 members (excludes halogenated alkanes) is 1. The first kappa shape index (κ1) is 18.5. The molecule has 0 bridgehead atoms. The van der Waals surface area contributed by atoms with Crippen LogP contribution in [0.4, 0.5) is 5.69 Å². The number of benzene rings is 1. The molecule has 4 rings (SSSR count). The van der Waals surface area contributed by atoms with Crippen LogP contribution >= 0.6 is 0 Å². The number of fused-ring (bicyclic) bond motifs is 2. The first-order valence-corrected chi connectivity index (χ1v) is 10.0. The predicted molar refractivity (Wildman–Crippen MR) is 111 cm³/mol. The lowest BCUT2D eigenvalue weighted by Crippen LogP contribution is -2.37. The average molecular weight is 381 g/mol. The monoisotopic (exact) mass is 381 g/mol. The van der Waals surface area contributed by atoms with E-state index in [1.54, 1.807) is 4.57 Å². The summed E-state index contributed by atoms with van der Waals surface area (Å²) in [7, 11) is 1.86. The van der Waals surface area contributed by atoms with Gasteiger partial charge in [-0.15, -0.1) is 0 Å². The van der Waals surface area contributed by atoms with Crippen LogP contribution in [0, 0.1) is 0 Å². The molecule has 0 amide bonds. The Morgan fingerprint density at radius 3 is 2.82 bits per heavy atom. The van der Waals surface area contributed by atoms with Crippen molar-refractivity contribution >= 4 is 16.9 Å². The van der Waals surface area contributed by atoms with Gasteiger partial charge in [-0.2, -0.15) is 0 Å². The zero-order chi connectivity index (χ0) is 19.8. The highest BCUT2D eigenvalue weighted by molar-refractivity contribution is 5.71. The number of anilines is 1. The van der Waals surface area contributed by atoms with Crippen LogP contribution in [0.15, 0.2) is 33.9 Å². The maximum absolute atomic E-state index is 12.5. The van der Waals surface area contributed by atoms with Gasteiger partial charge in [0.25, 0.3) is 5.56 Å². The highest BCUT2D eigenvalue weighted by atomic mass is 16.2. The molecule has 0 saturated heterocycles. The summed E-state index contributed by atoms with van der Waals surface area (Å²) in [6, 6.07) is 8.85. The van der Waals surface area contributed by atoms with Gasteiger partial charge in [-0.05, 0) is 37.8 Å². The van der Waals surface area contributed by atoms with Crippen molar-refractivity contribution in [1.29, 1.82) is 0 Å². The minimum atomic E-state index is -0.382. The second kappa shape index (κ2) is 7.30. The summed E-state index contributed by atoms with van der Waals surface area (Å²) in [5.41, 5.74) is 2.76. The standard InChI is InChI=1S/C21H27N5O2/c1-4-5-12-25-19-18(20(27)23-21(25)28)24(3)17(22-19)13-26-14(2)10-11-15-8-6-7-9-16(15)26/h6-9,14H,4-5,10-13H2,1-3H3,(H,23,27,28)/t14-/m1/s1. The quantitative estimate of drug-likeness (QED) is 0.737. The number of nitrogens with zero attached hydrogens (tertiary/aromatic N) is 4. The number of para-hydroxylation sites is 1. The predicted octanol–water partition coefficient (Wildman–Crippen LogP) is 2.56. The van der Waals surface area contributed by atoms with E-state index in [0.717, 1.165) is 31.5 Å². The lowest BCUT2D eigenvalue weighted by Gasteiger charge is -2.36. The Hall–Kier alpha value is -2.83. The molecule has 148 valence electrons. The molecule has 2 aromatic heterocycles. The van der Waals surface area contributed by atoms with Crippen LogP contribution in [0.1, 0.15) is 44.5 Å². The number of nitrogens with one attached hydrogen (secondary N) is 1. The Morgan fingerprint density at radius 2 is 2.04 bits per heavy atom. The molecule has 28 heavy (non-hydrogen) atoms. The Morgan fingerprint density at radius 1 is 1.25 bits per heavy atom. The van der Waals surface area contributed by atoms with Gasteiger partial charge in [0.2, 0.25) is 0 Å². The molecule has 7 heteroatoms. The highest BCUT2D eigenvalue weighted by Crippen LogP contribution is 2.31. The molecular formula is C21H27N5O2. The third-order valence-corrected chi connectivity index (χ3v) is 5.82. The summed E-state index contributed by atoms with van der Waals surface area (Å²) in [5.74, 6) is 0.792. The van der Waals surface area contributed by atoms with Crippen LogP contribution < -0.4 is 16.1 Å². The van der Waals surface area contributed by atoms with Gasteiger partial charge in [-0.25, -0.2) is 9.78 Å². The molecule has 0 unspecified atom stereocenters. The minimum absolute atomic E-state index is 0.374. The van der Waals surface area contributed by atoms with Gasteiger partial charge >= 0.3 is 5.69 Å². The van der Waals surface area contributed by atoms with E-state index in [0.29, 0.717) is 30.3 Å². The number of hydrogen-bond acceptors (Lipinski definition) is 4. The summed E-state index contributed by atoms with van der Waals surface area (Å²) in [4.78, 5) is 34.4. The first-order valence-electron chi connectivity index (χ1n) is 10.0. The third-order valence-electron chi connectivity index (χ3n) is 5.82. The highest BCUT2D eigenvalue weighted by Gasteiger charge is 2.25. The van der Waals surface area contributed by atoms with Crippen LogP contribution in [0.2, 0.25) is 0 Å². The van der Waals surface area contributed by atoms with E-state index >= 15 is 0 Å². The molecule has 7 nitrogen and oxygen atoms in total. The normalized spacial score (nSPS) is 16.5. The molecular weight excluding hydrogens is 354 g/mol. The van der Waals surface area contributed by atoms with E-state index in [1.807, 2.05) is 11.6 Å². The molecule has 1 N–H and O–H groups in total. The van der Waals surface area contributed by atoms with E-state index in [2.05, 4.69) is 48.0 Å². The Bertz CT molecular complexity index is 1120. The van der Waals surface area contributed by atoms with Gasteiger partial charge in [-0.1, -0.05) is 31.5 Å². The van der Waals surface area contributed by atoms with E-state index in [1.165, 1.54) is 11.3 Å². The summed E-state index contributed by atoms with van der Waals surface area (Å²) in [6.45, 7) is 5.46. The second-order valence-corrected chi connectivity index (χ2v) is 7.67. The fourth-order valence-electron chi connectivity index (χ4n) is 4.11. The van der Waals surface area contributed by atoms with E-state index in [4.69, 9.17) is 4.98 Å². The maximum atomic E-state index is 12.5. The summed E-state index contributed by atoms with van der Waals surface area (Å²) < 4.78 is 3.43. The molecule has 3 aromatic rings. The Balaban J connectivity index is 1.80. The number of imidazole rings is 1. The van der Waals surface area contributed by atoms with Crippen LogP contribution in [0.25, 0.3) is 11.2 Å². The van der Waals surface area contributed by atoms with Crippen LogP contribution in [0.3, 0.4) is 0 Å². The van der Waals surface area contributed by atoms with Crippen molar-refractivity contribution < 1.29 is 0 Å². The Kier molecular flexibility index (Phi) is 4.83. The van der Waals surface area contributed by atoms with Gasteiger partial charge in [0.15, 0.2) is 11.2 Å². The summed E-state index contributed by atoms with van der Waals surface area (Å²) in [6.07, 6.45) is 3.99. The largest absolute Gasteiger partial charge is 0.361 e. The molecule has 1 atom stereocenters. The van der Waals surface area contributed by atoms with E-state index in [9.17, 15) is 9.59 Å². The third kappa shape index (κ3) is 3.04. The van der Waals surface area contributed by atoms with Crippen LogP contribution in [0.5, 0.6) is 0 Å². The fourth-order valence-corrected chi connectivity index (χ4v) is 4.11. The molecule has 1 aliphatic rings. The number of aryl methyl sites for hydroxylation is 3. The second-order valence-electron chi connectivity index (χ2n) is 7.67. The van der Waals surface area contributed by atoms with Crippen molar-refractivity contribution in [1.82, 2.24) is 19.1 Å². The van der Waals surface area contributed by atoms with Crippen molar-refractivity contribution in [3.05, 3.63) is 56.5 Å². The van der Waals surface area contributed by atoms with Gasteiger partial charge in [0.05, 0.1) is 6.54 Å². The number of H-pyrrole nitrogens is 1. The smallest absolute Gasteiger partial charge is 0.330 e. The average Bonchev–Trinajstić information content (AvgIpc) is 3.00. The molecule has 1 aromatic carbocycles. The van der Waals surface area contributed by atoms with Gasteiger partial charge in [-0.3, -0.25) is 14.3 Å². The SMILES string of the molecule is CCCCn1c(=O)[nH]c(=O)c2c1nc(CN1c3ccccc3CC[C@H]1C)n2C. The lowest BCUT2D eigenvalue weighted by atomic mass is 9.97. The summed E-state index contributed by atoms with van der Waals surface area (Å²) in [5, 5.41) is 0. The summed E-state index contributed by atoms with van der Waals surface area (Å²) >= 11 is 0. The van der Waals surface area contributed by atoms with Crippen molar-refractivity contribution in [3.63, 3.8) is 0 Å². The molecule has 1 aliphatic heterocycles. The van der Waals surface area contributed by atoms with Crippen molar-refractivity contribution in [3.8, 4) is 0 Å². The van der Waals surface area contributed by atoms with Gasteiger partial charge in [0, 0.05) is 25.3 Å². The first-order chi connectivity index (χ1) is 13.5. The Labute approximate surface area is 163 Å². The number of rotatable bonds is 5. The number of aromatic nitrogens is 4. The van der Waals surface area contributed by atoms with E-state index in [-0.39, 0.29) is 11.2 Å². The molecule has 0 fully saturated rings. The van der Waals surface area contributed by atoms with Crippen molar-refractivity contribution in [2.75, 3.05) is 4.90 Å². The zero-order valence-electron chi connectivity index (χ0n) is 16.7. The lowest BCUT2D eigenvalue weighted by molar-refractivity contribution is 0.547.